The summed E-state index contributed by atoms with van der Waals surface area (Å²) in [7, 11) is 0. The summed E-state index contributed by atoms with van der Waals surface area (Å²) in [5.74, 6) is 1.52. The molecule has 0 atom stereocenters. The van der Waals surface area contributed by atoms with Crippen LogP contribution in [-0.4, -0.2) is 16.0 Å². The molecule has 88 valence electrons. The first-order valence-electron chi connectivity index (χ1n) is 5.53. The predicted octanol–water partition coefficient (Wildman–Crippen LogP) is 3.28. The van der Waals surface area contributed by atoms with Gasteiger partial charge in [-0.3, -0.25) is 0 Å². The average molecular weight is 240 g/mol. The first kappa shape index (κ1) is 11.6. The minimum atomic E-state index is 0.290. The van der Waals surface area contributed by atoms with Crippen molar-refractivity contribution >= 4 is 17.4 Å². The van der Waals surface area contributed by atoms with Crippen LogP contribution >= 0.6 is 11.6 Å². The summed E-state index contributed by atoms with van der Waals surface area (Å²) in [6.45, 7) is 10.9. The topological polar surface area (TPSA) is 37.8 Å². The molecule has 1 aromatic heterocycles. The molecule has 2 rings (SSSR count). The van der Waals surface area contributed by atoms with Crippen molar-refractivity contribution in [2.75, 3.05) is 5.32 Å². The molecule has 16 heavy (non-hydrogen) atoms. The number of nitrogens with zero attached hydrogens (tertiary/aromatic N) is 2. The summed E-state index contributed by atoms with van der Waals surface area (Å²) in [5, 5.41) is 3.93. The standard InChI is InChI=1S/C12H18ClN3/c1-7-14-8(13)6-9(15-7)16-10-11(2,3)12(10,4)5/h6,10H,1-5H3,(H,14,15,16). The second-order valence-corrected chi connectivity index (χ2v) is 6.03. The summed E-state index contributed by atoms with van der Waals surface area (Å²) in [5.41, 5.74) is 0.580. The van der Waals surface area contributed by atoms with Crippen molar-refractivity contribution in [3.8, 4) is 0 Å². The number of halogens is 1. The Hall–Kier alpha value is -0.830. The molecule has 1 saturated carbocycles. The highest BCUT2D eigenvalue weighted by Crippen LogP contribution is 2.63. The van der Waals surface area contributed by atoms with E-state index in [1.165, 1.54) is 0 Å². The van der Waals surface area contributed by atoms with Crippen molar-refractivity contribution in [2.45, 2.75) is 40.7 Å². The van der Waals surface area contributed by atoms with E-state index in [1.807, 2.05) is 6.92 Å². The lowest BCUT2D eigenvalue weighted by Gasteiger charge is -2.08. The van der Waals surface area contributed by atoms with Gasteiger partial charge in [-0.2, -0.15) is 0 Å². The van der Waals surface area contributed by atoms with Gasteiger partial charge >= 0.3 is 0 Å². The number of aromatic nitrogens is 2. The average Bonchev–Trinajstić information content (AvgIpc) is 2.46. The highest BCUT2D eigenvalue weighted by Gasteiger charge is 2.65. The molecule has 0 spiro atoms. The lowest BCUT2D eigenvalue weighted by Crippen LogP contribution is -2.12. The third kappa shape index (κ3) is 1.67. The lowest BCUT2D eigenvalue weighted by molar-refractivity contribution is 0.457. The number of hydrogen-bond donors (Lipinski definition) is 1. The molecule has 1 N–H and O–H groups in total. The van der Waals surface area contributed by atoms with Crippen LogP contribution < -0.4 is 5.32 Å². The summed E-state index contributed by atoms with van der Waals surface area (Å²) >= 11 is 5.91. The van der Waals surface area contributed by atoms with Crippen molar-refractivity contribution in [3.05, 3.63) is 17.0 Å². The molecule has 1 aliphatic rings. The molecule has 1 heterocycles. The van der Waals surface area contributed by atoms with Crippen LogP contribution in [0.5, 0.6) is 0 Å². The number of anilines is 1. The Morgan fingerprint density at radius 2 is 1.75 bits per heavy atom. The zero-order valence-electron chi connectivity index (χ0n) is 10.4. The van der Waals surface area contributed by atoms with E-state index >= 15 is 0 Å². The van der Waals surface area contributed by atoms with Crippen LogP contribution in [0.25, 0.3) is 0 Å². The van der Waals surface area contributed by atoms with Gasteiger partial charge in [0.2, 0.25) is 0 Å². The molecular weight excluding hydrogens is 222 g/mol. The van der Waals surface area contributed by atoms with Gasteiger partial charge in [0, 0.05) is 12.1 Å². The smallest absolute Gasteiger partial charge is 0.134 e. The zero-order chi connectivity index (χ0) is 12.1. The maximum absolute atomic E-state index is 5.91. The molecule has 0 amide bonds. The van der Waals surface area contributed by atoms with Gasteiger partial charge in [-0.1, -0.05) is 39.3 Å². The number of aryl methyl sites for hydroxylation is 1. The van der Waals surface area contributed by atoms with Gasteiger partial charge in [-0.15, -0.1) is 0 Å². The van der Waals surface area contributed by atoms with E-state index < -0.39 is 0 Å². The van der Waals surface area contributed by atoms with E-state index in [1.54, 1.807) is 6.07 Å². The van der Waals surface area contributed by atoms with Crippen LogP contribution in [0.15, 0.2) is 6.07 Å². The van der Waals surface area contributed by atoms with Gasteiger partial charge < -0.3 is 5.32 Å². The molecule has 0 unspecified atom stereocenters. The molecule has 4 heteroatoms. The molecule has 3 nitrogen and oxygen atoms in total. The van der Waals surface area contributed by atoms with Crippen molar-refractivity contribution in [2.24, 2.45) is 10.8 Å². The Balaban J connectivity index is 2.18. The van der Waals surface area contributed by atoms with E-state index in [4.69, 9.17) is 11.6 Å². The second kappa shape index (κ2) is 3.33. The van der Waals surface area contributed by atoms with Crippen molar-refractivity contribution in [1.82, 2.24) is 9.97 Å². The van der Waals surface area contributed by atoms with Crippen LogP contribution in [0.4, 0.5) is 5.82 Å². The quantitative estimate of drug-likeness (QED) is 0.805. The zero-order valence-corrected chi connectivity index (χ0v) is 11.2. The number of rotatable bonds is 2. The van der Waals surface area contributed by atoms with Crippen LogP contribution in [0.1, 0.15) is 33.5 Å². The minimum Gasteiger partial charge on any atom is -0.366 e. The van der Waals surface area contributed by atoms with E-state index in [9.17, 15) is 0 Å². The fourth-order valence-electron chi connectivity index (χ4n) is 2.31. The van der Waals surface area contributed by atoms with E-state index in [2.05, 4.69) is 43.0 Å². The van der Waals surface area contributed by atoms with E-state index in [0.29, 0.717) is 27.8 Å². The summed E-state index contributed by atoms with van der Waals surface area (Å²) in [6.07, 6.45) is 0. The first-order chi connectivity index (χ1) is 7.25. The Morgan fingerprint density at radius 1 is 1.19 bits per heavy atom. The summed E-state index contributed by atoms with van der Waals surface area (Å²) in [6, 6.07) is 2.21. The maximum atomic E-state index is 5.91. The van der Waals surface area contributed by atoms with Crippen LogP contribution in [-0.2, 0) is 0 Å². The van der Waals surface area contributed by atoms with Crippen LogP contribution in [0.3, 0.4) is 0 Å². The largest absolute Gasteiger partial charge is 0.366 e. The summed E-state index contributed by atoms with van der Waals surface area (Å²) < 4.78 is 0. The molecular formula is C12H18ClN3. The highest BCUT2D eigenvalue weighted by molar-refractivity contribution is 6.29. The van der Waals surface area contributed by atoms with E-state index in [-0.39, 0.29) is 0 Å². The molecule has 0 aliphatic heterocycles. The third-order valence-electron chi connectivity index (χ3n) is 4.12. The van der Waals surface area contributed by atoms with Gasteiger partial charge in [0.25, 0.3) is 0 Å². The molecule has 1 aliphatic carbocycles. The first-order valence-corrected chi connectivity index (χ1v) is 5.90. The Bertz CT molecular complexity index is 392. The van der Waals surface area contributed by atoms with Gasteiger partial charge in [-0.05, 0) is 17.8 Å². The monoisotopic (exact) mass is 239 g/mol. The highest BCUT2D eigenvalue weighted by atomic mass is 35.5. The van der Waals surface area contributed by atoms with Crippen molar-refractivity contribution < 1.29 is 0 Å². The molecule has 0 bridgehead atoms. The van der Waals surface area contributed by atoms with Gasteiger partial charge in [0.1, 0.15) is 16.8 Å². The number of nitrogens with one attached hydrogen (secondary N) is 1. The Labute approximate surface area is 102 Å². The van der Waals surface area contributed by atoms with Crippen molar-refractivity contribution in [3.63, 3.8) is 0 Å². The fourth-order valence-corrected chi connectivity index (χ4v) is 2.54. The molecule has 0 aromatic carbocycles. The summed E-state index contributed by atoms with van der Waals surface area (Å²) in [4.78, 5) is 8.39. The normalized spacial score (nSPS) is 21.9. The molecule has 1 fully saturated rings. The Kier molecular flexibility index (Phi) is 2.42. The second-order valence-electron chi connectivity index (χ2n) is 5.64. The Morgan fingerprint density at radius 3 is 2.19 bits per heavy atom. The lowest BCUT2D eigenvalue weighted by atomic mass is 10.0. The fraction of sp³-hybridized carbons (Fsp3) is 0.667. The molecule has 0 radical (unpaired) electrons. The van der Waals surface area contributed by atoms with Gasteiger partial charge in [-0.25, -0.2) is 9.97 Å². The van der Waals surface area contributed by atoms with Crippen LogP contribution in [0, 0.1) is 17.8 Å². The molecule has 0 saturated heterocycles. The van der Waals surface area contributed by atoms with Crippen molar-refractivity contribution in [1.29, 1.82) is 0 Å². The SMILES string of the molecule is Cc1nc(Cl)cc(NC2C(C)(C)C2(C)C)n1. The predicted molar refractivity (Wildman–Crippen MR) is 66.8 cm³/mol. The third-order valence-corrected chi connectivity index (χ3v) is 4.31. The maximum Gasteiger partial charge on any atom is 0.134 e. The van der Waals surface area contributed by atoms with Gasteiger partial charge in [0.15, 0.2) is 0 Å². The van der Waals surface area contributed by atoms with Crippen LogP contribution in [0.2, 0.25) is 5.15 Å². The number of hydrogen-bond acceptors (Lipinski definition) is 3. The molecule has 1 aromatic rings. The van der Waals surface area contributed by atoms with Gasteiger partial charge in [0.05, 0.1) is 0 Å². The van der Waals surface area contributed by atoms with E-state index in [0.717, 1.165) is 5.82 Å². The minimum absolute atomic E-state index is 0.290.